The molecule has 0 atom stereocenters. The van der Waals surface area contributed by atoms with Crippen molar-refractivity contribution >= 4 is 51.9 Å². The summed E-state index contributed by atoms with van der Waals surface area (Å²) in [5, 5.41) is 9.91. The molecule has 0 aliphatic carbocycles. The molecular formula is C21H18ClN3O2S. The van der Waals surface area contributed by atoms with E-state index in [2.05, 4.69) is 16.0 Å². The van der Waals surface area contributed by atoms with E-state index in [1.165, 1.54) is 0 Å². The minimum absolute atomic E-state index is 0.231. The molecule has 0 saturated carbocycles. The van der Waals surface area contributed by atoms with Crippen molar-refractivity contribution in [2.45, 2.75) is 0 Å². The Morgan fingerprint density at radius 3 is 2.36 bits per heavy atom. The third-order valence-corrected chi connectivity index (χ3v) is 4.26. The summed E-state index contributed by atoms with van der Waals surface area (Å²) in [6, 6.07) is 21.5. The molecule has 5 nitrogen and oxygen atoms in total. The molecule has 3 aromatic carbocycles. The average Bonchev–Trinajstić information content (AvgIpc) is 2.68. The van der Waals surface area contributed by atoms with Crippen molar-refractivity contribution in [2.24, 2.45) is 0 Å². The van der Waals surface area contributed by atoms with Crippen molar-refractivity contribution in [3.8, 4) is 5.75 Å². The van der Waals surface area contributed by atoms with Gasteiger partial charge in [-0.2, -0.15) is 0 Å². The summed E-state index contributed by atoms with van der Waals surface area (Å²) in [5.41, 5.74) is 2.51. The van der Waals surface area contributed by atoms with Gasteiger partial charge in [-0.15, -0.1) is 0 Å². The van der Waals surface area contributed by atoms with Gasteiger partial charge in [-0.1, -0.05) is 35.9 Å². The highest BCUT2D eigenvalue weighted by molar-refractivity contribution is 7.80. The Labute approximate surface area is 173 Å². The Balaban J connectivity index is 1.75. The van der Waals surface area contributed by atoms with Crippen LogP contribution in [0.1, 0.15) is 10.4 Å². The molecule has 0 spiro atoms. The minimum atomic E-state index is -0.231. The van der Waals surface area contributed by atoms with Crippen LogP contribution in [-0.4, -0.2) is 18.1 Å². The third kappa shape index (κ3) is 5.22. The Morgan fingerprint density at radius 1 is 0.893 bits per heavy atom. The van der Waals surface area contributed by atoms with E-state index < -0.39 is 0 Å². The largest absolute Gasteiger partial charge is 0.495 e. The first kappa shape index (κ1) is 19.7. The van der Waals surface area contributed by atoms with Crippen LogP contribution in [-0.2, 0) is 0 Å². The van der Waals surface area contributed by atoms with Crippen molar-refractivity contribution in [3.63, 3.8) is 0 Å². The summed E-state index contributed by atoms with van der Waals surface area (Å²) < 4.78 is 5.37. The number of carbonyl (C=O) groups is 1. The van der Waals surface area contributed by atoms with Gasteiger partial charge < -0.3 is 20.7 Å². The second kappa shape index (κ2) is 9.21. The highest BCUT2D eigenvalue weighted by atomic mass is 35.5. The van der Waals surface area contributed by atoms with Gasteiger partial charge in [0.1, 0.15) is 5.75 Å². The molecule has 3 rings (SSSR count). The maximum Gasteiger partial charge on any atom is 0.255 e. The number of hydrogen-bond acceptors (Lipinski definition) is 3. The smallest absolute Gasteiger partial charge is 0.255 e. The Morgan fingerprint density at radius 2 is 1.64 bits per heavy atom. The van der Waals surface area contributed by atoms with Gasteiger partial charge in [0.15, 0.2) is 5.11 Å². The van der Waals surface area contributed by atoms with E-state index in [0.29, 0.717) is 27.1 Å². The van der Waals surface area contributed by atoms with Crippen LogP contribution in [0.15, 0.2) is 72.8 Å². The normalized spacial score (nSPS) is 10.1. The van der Waals surface area contributed by atoms with E-state index in [1.54, 1.807) is 37.4 Å². The van der Waals surface area contributed by atoms with E-state index in [-0.39, 0.29) is 5.91 Å². The van der Waals surface area contributed by atoms with Crippen LogP contribution in [0.4, 0.5) is 17.1 Å². The quantitative estimate of drug-likeness (QED) is 0.490. The first-order valence-corrected chi connectivity index (χ1v) is 9.22. The molecule has 28 heavy (non-hydrogen) atoms. The molecular weight excluding hydrogens is 394 g/mol. The molecule has 1 amide bonds. The molecule has 0 aliphatic rings. The monoisotopic (exact) mass is 411 g/mol. The van der Waals surface area contributed by atoms with Gasteiger partial charge in [0, 0.05) is 22.0 Å². The standard InChI is InChI=1S/C21H18ClN3O2S/c1-27-19-11-10-14(20(26)23-16-7-3-2-4-8-16)12-18(19)25-21(28)24-17-9-5-6-15(22)13-17/h2-13H,1H3,(H,23,26)(H2,24,25,28). The molecule has 0 bridgehead atoms. The van der Waals surface area contributed by atoms with E-state index in [4.69, 9.17) is 28.6 Å². The fourth-order valence-corrected chi connectivity index (χ4v) is 2.94. The Kier molecular flexibility index (Phi) is 6.47. The zero-order valence-corrected chi connectivity index (χ0v) is 16.6. The number of para-hydroxylation sites is 1. The number of amides is 1. The molecule has 0 saturated heterocycles. The van der Waals surface area contributed by atoms with Gasteiger partial charge in [-0.25, -0.2) is 0 Å². The number of carbonyl (C=O) groups excluding carboxylic acids is 1. The van der Waals surface area contributed by atoms with Crippen molar-refractivity contribution in [1.29, 1.82) is 0 Å². The van der Waals surface area contributed by atoms with Crippen LogP contribution in [0, 0.1) is 0 Å². The molecule has 7 heteroatoms. The number of ether oxygens (including phenoxy) is 1. The average molecular weight is 412 g/mol. The second-order valence-electron chi connectivity index (χ2n) is 5.82. The molecule has 142 valence electrons. The number of hydrogen-bond donors (Lipinski definition) is 3. The fourth-order valence-electron chi connectivity index (χ4n) is 2.52. The SMILES string of the molecule is COc1ccc(C(=O)Nc2ccccc2)cc1NC(=S)Nc1cccc(Cl)c1. The molecule has 3 N–H and O–H groups in total. The molecule has 0 radical (unpaired) electrons. The number of thiocarbonyl (C=S) groups is 1. The molecule has 0 unspecified atom stereocenters. The lowest BCUT2D eigenvalue weighted by Gasteiger charge is -2.15. The summed E-state index contributed by atoms with van der Waals surface area (Å²) in [5.74, 6) is 0.331. The van der Waals surface area contributed by atoms with Crippen molar-refractivity contribution < 1.29 is 9.53 Å². The van der Waals surface area contributed by atoms with Crippen LogP contribution in [0.2, 0.25) is 5.02 Å². The van der Waals surface area contributed by atoms with Gasteiger partial charge in [0.25, 0.3) is 5.91 Å². The zero-order chi connectivity index (χ0) is 19.9. The zero-order valence-electron chi connectivity index (χ0n) is 15.0. The summed E-state index contributed by atoms with van der Waals surface area (Å²) >= 11 is 11.4. The number of rotatable bonds is 5. The topological polar surface area (TPSA) is 62.4 Å². The molecule has 3 aromatic rings. The first-order valence-electron chi connectivity index (χ1n) is 8.43. The summed E-state index contributed by atoms with van der Waals surface area (Å²) in [4.78, 5) is 12.5. The highest BCUT2D eigenvalue weighted by Crippen LogP contribution is 2.26. The van der Waals surface area contributed by atoms with Gasteiger partial charge in [-0.05, 0) is 60.7 Å². The number of nitrogens with one attached hydrogen (secondary N) is 3. The van der Waals surface area contributed by atoms with Crippen molar-refractivity contribution in [1.82, 2.24) is 0 Å². The summed E-state index contributed by atoms with van der Waals surface area (Å²) in [7, 11) is 1.55. The molecule has 0 heterocycles. The van der Waals surface area contributed by atoms with E-state index in [9.17, 15) is 4.79 Å². The number of benzene rings is 3. The first-order chi connectivity index (χ1) is 13.5. The lowest BCUT2D eigenvalue weighted by atomic mass is 10.1. The predicted octanol–water partition coefficient (Wildman–Crippen LogP) is 5.41. The van der Waals surface area contributed by atoms with Crippen LogP contribution >= 0.6 is 23.8 Å². The fraction of sp³-hybridized carbons (Fsp3) is 0.0476. The predicted molar refractivity (Wildman–Crippen MR) is 119 cm³/mol. The molecule has 0 aromatic heterocycles. The van der Waals surface area contributed by atoms with E-state index in [1.807, 2.05) is 42.5 Å². The maximum absolute atomic E-state index is 12.5. The minimum Gasteiger partial charge on any atom is -0.495 e. The molecule has 0 fully saturated rings. The van der Waals surface area contributed by atoms with Crippen molar-refractivity contribution in [2.75, 3.05) is 23.1 Å². The maximum atomic E-state index is 12.5. The number of anilines is 3. The lowest BCUT2D eigenvalue weighted by Crippen LogP contribution is -2.20. The van der Waals surface area contributed by atoms with Gasteiger partial charge in [0.05, 0.1) is 12.8 Å². The van der Waals surface area contributed by atoms with Crippen molar-refractivity contribution in [3.05, 3.63) is 83.4 Å². The van der Waals surface area contributed by atoms with E-state index in [0.717, 1.165) is 11.4 Å². The van der Waals surface area contributed by atoms with Crippen LogP contribution in [0.25, 0.3) is 0 Å². The van der Waals surface area contributed by atoms with Gasteiger partial charge >= 0.3 is 0 Å². The van der Waals surface area contributed by atoms with E-state index >= 15 is 0 Å². The molecule has 0 aliphatic heterocycles. The van der Waals surface area contributed by atoms with Gasteiger partial charge in [0.2, 0.25) is 0 Å². The highest BCUT2D eigenvalue weighted by Gasteiger charge is 2.12. The Hall–Kier alpha value is -3.09. The van der Waals surface area contributed by atoms with Crippen LogP contribution in [0.3, 0.4) is 0 Å². The number of halogens is 1. The third-order valence-electron chi connectivity index (χ3n) is 3.82. The van der Waals surface area contributed by atoms with Gasteiger partial charge in [-0.3, -0.25) is 4.79 Å². The number of methoxy groups -OCH3 is 1. The Bertz CT molecular complexity index is 996. The van der Waals surface area contributed by atoms with Crippen LogP contribution in [0.5, 0.6) is 5.75 Å². The van der Waals surface area contributed by atoms with Crippen LogP contribution < -0.4 is 20.7 Å². The summed E-state index contributed by atoms with van der Waals surface area (Å²) in [6.45, 7) is 0. The second-order valence-corrected chi connectivity index (χ2v) is 6.67. The summed E-state index contributed by atoms with van der Waals surface area (Å²) in [6.07, 6.45) is 0. The lowest BCUT2D eigenvalue weighted by molar-refractivity contribution is 0.102.